The quantitative estimate of drug-likeness (QED) is 0.378. The van der Waals surface area contributed by atoms with E-state index < -0.39 is 5.41 Å². The molecule has 2 aromatic heterocycles. The number of oxazole rings is 1. The molecule has 0 aliphatic carbocycles. The number of benzene rings is 1. The predicted molar refractivity (Wildman–Crippen MR) is 140 cm³/mol. The first kappa shape index (κ1) is 25.2. The largest absolute Gasteiger partial charge is 0.480 e. The van der Waals surface area contributed by atoms with Gasteiger partial charge >= 0.3 is 0 Å². The summed E-state index contributed by atoms with van der Waals surface area (Å²) in [5.41, 5.74) is 12.4. The van der Waals surface area contributed by atoms with E-state index in [0.717, 1.165) is 68.1 Å². The minimum absolute atomic E-state index is 0.000985. The Morgan fingerprint density at radius 1 is 1.19 bits per heavy atom. The van der Waals surface area contributed by atoms with Crippen molar-refractivity contribution in [2.24, 2.45) is 16.9 Å². The van der Waals surface area contributed by atoms with Gasteiger partial charge in [0.1, 0.15) is 0 Å². The lowest BCUT2D eigenvalue weighted by molar-refractivity contribution is -0.139. The van der Waals surface area contributed by atoms with Crippen molar-refractivity contribution in [3.05, 3.63) is 42.4 Å². The molecule has 37 heavy (non-hydrogen) atoms. The van der Waals surface area contributed by atoms with Crippen LogP contribution in [0.2, 0.25) is 0 Å². The fraction of sp³-hybridized carbons (Fsp3) is 0.500. The van der Waals surface area contributed by atoms with Crippen LogP contribution in [0, 0.1) is 5.41 Å². The lowest BCUT2D eigenvalue weighted by Gasteiger charge is -2.53. The maximum absolute atomic E-state index is 12.5. The van der Waals surface area contributed by atoms with Crippen molar-refractivity contribution in [3.8, 4) is 17.2 Å². The average molecular weight is 506 g/mol. The highest BCUT2D eigenvalue weighted by Gasteiger charge is 2.51. The minimum atomic E-state index is -0.454. The molecule has 0 unspecified atom stereocenters. The number of fused-ring (bicyclic) bond motifs is 4. The molecule has 9 heteroatoms. The number of para-hydroxylation sites is 1. The molecule has 0 saturated carbocycles. The Morgan fingerprint density at radius 2 is 1.97 bits per heavy atom. The van der Waals surface area contributed by atoms with Crippen LogP contribution < -0.4 is 16.2 Å². The zero-order valence-corrected chi connectivity index (χ0v) is 21.3. The van der Waals surface area contributed by atoms with Gasteiger partial charge in [-0.25, -0.2) is 9.97 Å². The highest BCUT2D eigenvalue weighted by molar-refractivity contribution is 5.85. The number of aromatic nitrogens is 2. The van der Waals surface area contributed by atoms with Crippen LogP contribution in [-0.4, -0.2) is 52.9 Å². The van der Waals surface area contributed by atoms with Crippen LogP contribution in [-0.2, 0) is 9.59 Å². The summed E-state index contributed by atoms with van der Waals surface area (Å²) in [6.45, 7) is 1.70. The van der Waals surface area contributed by atoms with Gasteiger partial charge in [0.15, 0.2) is 11.7 Å². The van der Waals surface area contributed by atoms with E-state index in [9.17, 15) is 9.59 Å². The molecular formula is C28H35N5O4. The van der Waals surface area contributed by atoms with Crippen LogP contribution in [0.3, 0.4) is 0 Å². The number of unbranched alkanes of at least 4 members (excludes halogenated alkanes) is 2. The van der Waals surface area contributed by atoms with Crippen molar-refractivity contribution < 1.29 is 18.7 Å². The first-order valence-corrected chi connectivity index (χ1v) is 13.1. The van der Waals surface area contributed by atoms with Gasteiger partial charge in [-0.15, -0.1) is 0 Å². The number of ether oxygens (including phenoxy) is 1. The molecule has 3 fully saturated rings. The number of methoxy groups -OCH3 is 1. The monoisotopic (exact) mass is 505 g/mol. The summed E-state index contributed by atoms with van der Waals surface area (Å²) in [7, 11) is 1.60. The topological polar surface area (TPSA) is 138 Å². The maximum atomic E-state index is 12.5. The van der Waals surface area contributed by atoms with Crippen molar-refractivity contribution in [1.82, 2.24) is 14.9 Å². The molecule has 2 amide bonds. The summed E-state index contributed by atoms with van der Waals surface area (Å²) >= 11 is 0. The Labute approximate surface area is 216 Å². The van der Waals surface area contributed by atoms with E-state index >= 15 is 0 Å². The molecule has 2 bridgehead atoms. The molecule has 3 aromatic rings. The molecule has 5 heterocycles. The number of nitrogens with two attached hydrogens (primary N) is 2. The van der Waals surface area contributed by atoms with E-state index in [0.29, 0.717) is 30.4 Å². The Hall–Kier alpha value is -3.46. The van der Waals surface area contributed by atoms with Gasteiger partial charge in [-0.3, -0.25) is 14.5 Å². The number of nitrogens with zero attached hydrogens (tertiary/aromatic N) is 3. The molecule has 3 aliphatic heterocycles. The Balaban J connectivity index is 1.44. The third-order valence-electron chi connectivity index (χ3n) is 8.24. The summed E-state index contributed by atoms with van der Waals surface area (Å²) in [5, 5.41) is 0.987. The van der Waals surface area contributed by atoms with E-state index in [4.69, 9.17) is 25.6 Å². The molecule has 3 saturated heterocycles. The SMILES string of the molecule is COc1nc2ccccc2cc1-c1cnc([C@@H](CCCCCC(N)=O)[C@@H]2CC3(C(N)=O)CCN2CC3)o1. The summed E-state index contributed by atoms with van der Waals surface area (Å²) < 4.78 is 12.0. The lowest BCUT2D eigenvalue weighted by atomic mass is 9.65. The maximum Gasteiger partial charge on any atom is 0.224 e. The van der Waals surface area contributed by atoms with Gasteiger partial charge in [-0.05, 0) is 57.3 Å². The standard InChI is InChI=1S/C28H35N5O4/c1-36-26-20(15-18-7-5-6-9-21(18)32-26)23-17-31-25(37-23)19(8-3-2-4-10-24(29)34)22-16-28(27(30)35)11-13-33(22)14-12-28/h5-7,9,15,17,19,22H,2-4,8,10-14,16H2,1H3,(H2,29,34)(H2,30,35)/t19-,22-/m0/s1. The number of carbonyl (C=O) groups is 2. The third kappa shape index (κ3) is 5.05. The van der Waals surface area contributed by atoms with Crippen LogP contribution in [0.4, 0.5) is 0 Å². The van der Waals surface area contributed by atoms with Crippen LogP contribution in [0.5, 0.6) is 5.88 Å². The molecular weight excluding hydrogens is 470 g/mol. The Kier molecular flexibility index (Phi) is 7.15. The Bertz CT molecular complexity index is 1280. The number of amides is 2. The van der Waals surface area contributed by atoms with Crippen LogP contribution >= 0.6 is 0 Å². The van der Waals surface area contributed by atoms with Gasteiger partial charge < -0.3 is 20.6 Å². The molecule has 2 atom stereocenters. The fourth-order valence-electron chi connectivity index (χ4n) is 6.10. The number of pyridine rings is 1. The van der Waals surface area contributed by atoms with Crippen LogP contribution in [0.1, 0.15) is 63.2 Å². The van der Waals surface area contributed by atoms with Crippen molar-refractivity contribution in [3.63, 3.8) is 0 Å². The van der Waals surface area contributed by atoms with E-state index in [1.165, 1.54) is 0 Å². The van der Waals surface area contributed by atoms with E-state index in [1.54, 1.807) is 13.3 Å². The van der Waals surface area contributed by atoms with Gasteiger partial charge in [-0.2, -0.15) is 0 Å². The van der Waals surface area contributed by atoms with Crippen LogP contribution in [0.15, 0.2) is 40.9 Å². The first-order chi connectivity index (χ1) is 17.9. The fourth-order valence-corrected chi connectivity index (χ4v) is 6.10. The molecule has 3 aliphatic rings. The van der Waals surface area contributed by atoms with Crippen molar-refractivity contribution >= 4 is 22.7 Å². The van der Waals surface area contributed by atoms with Crippen LogP contribution in [0.25, 0.3) is 22.2 Å². The highest BCUT2D eigenvalue weighted by Crippen LogP contribution is 2.48. The van der Waals surface area contributed by atoms with Crippen molar-refractivity contribution in [2.45, 2.75) is 63.3 Å². The molecule has 1 aromatic carbocycles. The third-order valence-corrected chi connectivity index (χ3v) is 8.24. The minimum Gasteiger partial charge on any atom is -0.480 e. The number of carbonyl (C=O) groups excluding carboxylic acids is 2. The van der Waals surface area contributed by atoms with Gasteiger partial charge in [0.25, 0.3) is 0 Å². The van der Waals surface area contributed by atoms with Gasteiger partial charge in [0.05, 0.1) is 35.7 Å². The molecule has 6 rings (SSSR count). The summed E-state index contributed by atoms with van der Waals surface area (Å²) in [4.78, 5) is 35.5. The highest BCUT2D eigenvalue weighted by atomic mass is 16.5. The smallest absolute Gasteiger partial charge is 0.224 e. The summed E-state index contributed by atoms with van der Waals surface area (Å²) in [5.74, 6) is 1.27. The van der Waals surface area contributed by atoms with E-state index in [-0.39, 0.29) is 23.8 Å². The lowest BCUT2D eigenvalue weighted by Crippen LogP contribution is -2.59. The Morgan fingerprint density at radius 3 is 2.70 bits per heavy atom. The zero-order valence-electron chi connectivity index (χ0n) is 21.3. The number of hydrogen-bond donors (Lipinski definition) is 2. The average Bonchev–Trinajstić information content (AvgIpc) is 3.40. The van der Waals surface area contributed by atoms with Gasteiger partial charge in [0, 0.05) is 17.8 Å². The normalized spacial score (nSPS) is 23.7. The van der Waals surface area contributed by atoms with Crippen molar-refractivity contribution in [1.29, 1.82) is 0 Å². The first-order valence-electron chi connectivity index (χ1n) is 13.1. The predicted octanol–water partition coefficient (Wildman–Crippen LogP) is 3.76. The van der Waals surface area contributed by atoms with E-state index in [2.05, 4.69) is 9.88 Å². The number of primary amides is 2. The van der Waals surface area contributed by atoms with E-state index in [1.807, 2.05) is 30.3 Å². The molecule has 196 valence electrons. The molecule has 4 N–H and O–H groups in total. The number of rotatable bonds is 11. The molecule has 0 radical (unpaired) electrons. The van der Waals surface area contributed by atoms with Gasteiger partial charge in [-0.1, -0.05) is 31.0 Å². The molecule has 0 spiro atoms. The van der Waals surface area contributed by atoms with Gasteiger partial charge in [0.2, 0.25) is 17.7 Å². The second-order valence-electron chi connectivity index (χ2n) is 10.4. The second kappa shape index (κ2) is 10.5. The zero-order chi connectivity index (χ0) is 26.0. The summed E-state index contributed by atoms with van der Waals surface area (Å²) in [6, 6.07) is 10.0. The second-order valence-corrected chi connectivity index (χ2v) is 10.4. The van der Waals surface area contributed by atoms with Crippen molar-refractivity contribution in [2.75, 3.05) is 20.2 Å². The summed E-state index contributed by atoms with van der Waals surface area (Å²) in [6.07, 6.45) is 7.86. The number of hydrogen-bond acceptors (Lipinski definition) is 7. The number of piperidine rings is 3. The molecule has 9 nitrogen and oxygen atoms in total.